The monoisotopic (exact) mass is 402 g/mol. The minimum atomic E-state index is -1.13. The highest BCUT2D eigenvalue weighted by atomic mass is 16.6. The molecule has 4 rings (SSSR count). The third-order valence-electron chi connectivity index (χ3n) is 7.22. The van der Waals surface area contributed by atoms with E-state index in [2.05, 4.69) is 15.3 Å². The fourth-order valence-electron chi connectivity index (χ4n) is 5.11. The summed E-state index contributed by atoms with van der Waals surface area (Å²) >= 11 is 0. The molecule has 0 aliphatic heterocycles. The molecule has 0 radical (unpaired) electrons. The summed E-state index contributed by atoms with van der Waals surface area (Å²) in [7, 11) is 0. The first-order valence-electron chi connectivity index (χ1n) is 9.42. The van der Waals surface area contributed by atoms with Crippen LogP contribution in [0.4, 0.5) is 11.4 Å². The van der Waals surface area contributed by atoms with Crippen LogP contribution in [0.2, 0.25) is 0 Å². The van der Waals surface area contributed by atoms with Gasteiger partial charge < -0.3 is 5.32 Å². The van der Waals surface area contributed by atoms with Gasteiger partial charge in [-0.05, 0) is 24.3 Å². The van der Waals surface area contributed by atoms with Gasteiger partial charge in [0.25, 0.3) is 5.69 Å². The molecule has 1 aromatic heterocycles. The number of aromatic nitrogens is 2. The minimum Gasteiger partial charge on any atom is -0.320 e. The number of carbonyl (C=O) groups excluding carboxylic acids is 1. The number of nitro benzene ring substituents is 1. The molecule has 9 nitrogen and oxygen atoms in total. The molecule has 2 unspecified atom stereocenters. The summed E-state index contributed by atoms with van der Waals surface area (Å²) in [6, 6.07) is 9.75. The molecule has 0 spiro atoms. The standard InChI is InChI=1S/C21H18N6O3/c1-19(2)20(3)8-9-21(19,17-16(20)24-13(10-22)14(11-23)25-17)18(28)26-12-6-4-5-7-15(12)27(29)30/h4-7H,8-9H2,1-3H3,(H,26,28). The Hall–Kier alpha value is -3.85. The molecule has 2 atom stereocenters. The van der Waals surface area contributed by atoms with Crippen LogP contribution in [0.3, 0.4) is 0 Å². The number of nitriles is 2. The van der Waals surface area contributed by atoms with Gasteiger partial charge in [0.05, 0.1) is 21.7 Å². The number of nitro groups is 1. The molecule has 0 saturated heterocycles. The first-order chi connectivity index (χ1) is 14.1. The molecule has 1 aromatic carbocycles. The van der Waals surface area contributed by atoms with Gasteiger partial charge >= 0.3 is 0 Å². The van der Waals surface area contributed by atoms with Crippen LogP contribution in [-0.4, -0.2) is 20.8 Å². The molecule has 2 aromatic rings. The van der Waals surface area contributed by atoms with Crippen LogP contribution in [0.5, 0.6) is 0 Å². The Kier molecular flexibility index (Phi) is 3.94. The topological polar surface area (TPSA) is 146 Å². The summed E-state index contributed by atoms with van der Waals surface area (Å²) in [4.78, 5) is 33.4. The lowest BCUT2D eigenvalue weighted by molar-refractivity contribution is -0.383. The maximum absolute atomic E-state index is 13.7. The van der Waals surface area contributed by atoms with Crippen molar-refractivity contribution in [2.75, 3.05) is 5.32 Å². The molecule has 30 heavy (non-hydrogen) atoms. The van der Waals surface area contributed by atoms with Crippen LogP contribution in [0.25, 0.3) is 0 Å². The number of hydrogen-bond donors (Lipinski definition) is 1. The second kappa shape index (κ2) is 6.07. The van der Waals surface area contributed by atoms with E-state index in [0.29, 0.717) is 24.2 Å². The van der Waals surface area contributed by atoms with E-state index in [1.54, 1.807) is 6.07 Å². The zero-order chi connectivity index (χ0) is 21.9. The van der Waals surface area contributed by atoms with Crippen LogP contribution in [0, 0.1) is 38.2 Å². The molecule has 2 aliphatic carbocycles. The number of nitrogens with one attached hydrogen (secondary N) is 1. The quantitative estimate of drug-likeness (QED) is 0.613. The van der Waals surface area contributed by atoms with Crippen molar-refractivity contribution in [3.05, 3.63) is 57.2 Å². The Bertz CT molecular complexity index is 1210. The predicted octanol–water partition coefficient (Wildman–Crippen LogP) is 3.10. The third-order valence-corrected chi connectivity index (χ3v) is 7.22. The van der Waals surface area contributed by atoms with Gasteiger partial charge in [0.1, 0.15) is 17.8 Å². The number of anilines is 1. The smallest absolute Gasteiger partial charge is 0.292 e. The zero-order valence-electron chi connectivity index (χ0n) is 16.7. The average Bonchev–Trinajstić information content (AvgIpc) is 3.02. The van der Waals surface area contributed by atoms with Crippen molar-refractivity contribution in [3.63, 3.8) is 0 Å². The lowest BCUT2D eigenvalue weighted by atomic mass is 9.63. The van der Waals surface area contributed by atoms with Crippen molar-refractivity contribution in [2.24, 2.45) is 5.41 Å². The Morgan fingerprint density at radius 3 is 2.30 bits per heavy atom. The maximum Gasteiger partial charge on any atom is 0.292 e. The van der Waals surface area contributed by atoms with Crippen molar-refractivity contribution >= 4 is 17.3 Å². The zero-order valence-corrected chi connectivity index (χ0v) is 16.7. The highest BCUT2D eigenvalue weighted by molar-refractivity contribution is 6.02. The molecule has 1 fully saturated rings. The van der Waals surface area contributed by atoms with Gasteiger partial charge in [-0.15, -0.1) is 0 Å². The Labute approximate surface area is 172 Å². The van der Waals surface area contributed by atoms with Gasteiger partial charge in [-0.3, -0.25) is 14.9 Å². The average molecular weight is 402 g/mol. The molecule has 1 N–H and O–H groups in total. The molecule has 150 valence electrons. The molecule has 2 bridgehead atoms. The van der Waals surface area contributed by atoms with Crippen LogP contribution < -0.4 is 5.32 Å². The second-order valence-electron chi connectivity index (χ2n) is 8.43. The number of hydrogen-bond acceptors (Lipinski definition) is 7. The summed E-state index contributed by atoms with van der Waals surface area (Å²) < 4.78 is 0. The van der Waals surface area contributed by atoms with E-state index >= 15 is 0 Å². The summed E-state index contributed by atoms with van der Waals surface area (Å²) in [6.07, 6.45) is 1.10. The lowest BCUT2D eigenvalue weighted by Gasteiger charge is -2.39. The Morgan fingerprint density at radius 1 is 1.10 bits per heavy atom. The number of carbonyl (C=O) groups is 1. The van der Waals surface area contributed by atoms with Gasteiger partial charge in [0, 0.05) is 11.5 Å². The van der Waals surface area contributed by atoms with Crippen molar-refractivity contribution in [1.29, 1.82) is 10.5 Å². The third kappa shape index (κ3) is 2.12. The lowest BCUT2D eigenvalue weighted by Crippen LogP contribution is -2.48. The van der Waals surface area contributed by atoms with Gasteiger partial charge in [-0.25, -0.2) is 9.97 Å². The molecule has 9 heteroatoms. The number of fused-ring (bicyclic) bond motifs is 5. The van der Waals surface area contributed by atoms with E-state index in [4.69, 9.17) is 0 Å². The number of amides is 1. The van der Waals surface area contributed by atoms with Gasteiger partial charge in [-0.2, -0.15) is 10.5 Å². The molecule has 1 saturated carbocycles. The van der Waals surface area contributed by atoms with Crippen molar-refractivity contribution in [2.45, 2.75) is 44.4 Å². The van der Waals surface area contributed by atoms with E-state index in [1.165, 1.54) is 18.2 Å². The van der Waals surface area contributed by atoms with Gasteiger partial charge in [0.2, 0.25) is 5.91 Å². The van der Waals surface area contributed by atoms with E-state index < -0.39 is 27.1 Å². The SMILES string of the molecule is CC12CCC(C(=O)Nc3ccccc3[N+](=O)[O-])(c3nc(C#N)c(C#N)nc31)C2(C)C. The van der Waals surface area contributed by atoms with Crippen LogP contribution in [-0.2, 0) is 15.6 Å². The van der Waals surface area contributed by atoms with Gasteiger partial charge in [0.15, 0.2) is 11.4 Å². The van der Waals surface area contributed by atoms with E-state index in [1.807, 2.05) is 32.9 Å². The first-order valence-corrected chi connectivity index (χ1v) is 9.42. The number of benzene rings is 1. The fourth-order valence-corrected chi connectivity index (χ4v) is 5.11. The number of rotatable bonds is 3. The number of para-hydroxylation sites is 2. The first kappa shape index (κ1) is 19.5. The van der Waals surface area contributed by atoms with Crippen molar-refractivity contribution in [3.8, 4) is 12.1 Å². The Morgan fingerprint density at radius 2 is 1.70 bits per heavy atom. The predicted molar refractivity (Wildman–Crippen MR) is 105 cm³/mol. The fraction of sp³-hybridized carbons (Fsp3) is 0.381. The highest BCUT2D eigenvalue weighted by Crippen LogP contribution is 2.70. The maximum atomic E-state index is 13.7. The summed E-state index contributed by atoms with van der Waals surface area (Å²) in [5.74, 6) is -0.424. The molecule has 1 heterocycles. The molecular formula is C21H18N6O3. The van der Waals surface area contributed by atoms with E-state index in [0.717, 1.165) is 0 Å². The van der Waals surface area contributed by atoms with E-state index in [9.17, 15) is 25.4 Å². The highest BCUT2D eigenvalue weighted by Gasteiger charge is 2.73. The molecule has 2 aliphatic rings. The van der Waals surface area contributed by atoms with Crippen LogP contribution in [0.1, 0.15) is 56.4 Å². The van der Waals surface area contributed by atoms with Crippen LogP contribution in [0.15, 0.2) is 24.3 Å². The Balaban J connectivity index is 1.91. The second-order valence-corrected chi connectivity index (χ2v) is 8.43. The van der Waals surface area contributed by atoms with Crippen molar-refractivity contribution in [1.82, 2.24) is 9.97 Å². The minimum absolute atomic E-state index is 0.0601. The number of nitrogens with zero attached hydrogens (tertiary/aromatic N) is 5. The summed E-state index contributed by atoms with van der Waals surface area (Å²) in [5, 5.41) is 32.9. The van der Waals surface area contributed by atoms with Crippen LogP contribution >= 0.6 is 0 Å². The van der Waals surface area contributed by atoms with Crippen molar-refractivity contribution < 1.29 is 9.72 Å². The molecule has 1 amide bonds. The molecular weight excluding hydrogens is 384 g/mol. The largest absolute Gasteiger partial charge is 0.320 e. The summed E-state index contributed by atoms with van der Waals surface area (Å²) in [5.41, 5.74) is -1.67. The normalized spacial score (nSPS) is 25.1. The summed E-state index contributed by atoms with van der Waals surface area (Å²) in [6.45, 7) is 5.88. The van der Waals surface area contributed by atoms with Gasteiger partial charge in [-0.1, -0.05) is 32.9 Å². The van der Waals surface area contributed by atoms with E-state index in [-0.39, 0.29) is 22.8 Å².